The van der Waals surface area contributed by atoms with E-state index in [0.717, 1.165) is 11.3 Å². The molecule has 1 aliphatic rings. The number of piperidine rings is 1. The molecule has 0 atom stereocenters. The summed E-state index contributed by atoms with van der Waals surface area (Å²) >= 11 is 1.03. The maximum Gasteiger partial charge on any atom is 0.387 e. The minimum Gasteiger partial charge on any atom is -0.481 e. The molecule has 2 aromatic rings. The molecule has 138 valence electrons. The SMILES string of the molecule is O=C(c1sccc1OC(F)F)N1CCC(C(=O)O)(c2ccccc2)CC1. The number of carboxylic acid groups (broad SMARTS) is 1. The monoisotopic (exact) mass is 381 g/mol. The quantitative estimate of drug-likeness (QED) is 0.859. The third-order valence-electron chi connectivity index (χ3n) is 4.68. The van der Waals surface area contributed by atoms with E-state index in [9.17, 15) is 23.5 Å². The molecule has 1 N–H and O–H groups in total. The summed E-state index contributed by atoms with van der Waals surface area (Å²) in [6, 6.07) is 10.3. The number of ether oxygens (including phenoxy) is 1. The Morgan fingerprint density at radius 2 is 1.81 bits per heavy atom. The van der Waals surface area contributed by atoms with E-state index in [4.69, 9.17) is 0 Å². The van der Waals surface area contributed by atoms with Gasteiger partial charge in [0.25, 0.3) is 5.91 Å². The number of thiophene rings is 1. The molecule has 0 aliphatic carbocycles. The number of amides is 1. The molecule has 3 rings (SSSR count). The first-order valence-corrected chi connectivity index (χ1v) is 8.92. The van der Waals surface area contributed by atoms with E-state index in [1.807, 2.05) is 6.07 Å². The van der Waals surface area contributed by atoms with Crippen molar-refractivity contribution in [3.8, 4) is 5.75 Å². The Balaban J connectivity index is 1.76. The lowest BCUT2D eigenvalue weighted by Crippen LogP contribution is -2.49. The van der Waals surface area contributed by atoms with Crippen LogP contribution in [0.2, 0.25) is 0 Å². The molecule has 1 saturated heterocycles. The highest BCUT2D eigenvalue weighted by molar-refractivity contribution is 7.12. The lowest BCUT2D eigenvalue weighted by molar-refractivity contribution is -0.145. The predicted octanol–water partition coefficient (Wildman–Crippen LogP) is 3.61. The van der Waals surface area contributed by atoms with Crippen LogP contribution in [0.15, 0.2) is 41.8 Å². The van der Waals surface area contributed by atoms with Gasteiger partial charge in [0.15, 0.2) is 0 Å². The fourth-order valence-corrected chi connectivity index (χ4v) is 4.05. The maximum absolute atomic E-state index is 12.6. The number of carbonyl (C=O) groups excluding carboxylic acids is 1. The largest absolute Gasteiger partial charge is 0.481 e. The zero-order chi connectivity index (χ0) is 18.7. The second kappa shape index (κ2) is 7.41. The van der Waals surface area contributed by atoms with Crippen LogP contribution in [0, 0.1) is 0 Å². The van der Waals surface area contributed by atoms with Crippen molar-refractivity contribution in [3.05, 3.63) is 52.2 Å². The van der Waals surface area contributed by atoms with E-state index in [1.165, 1.54) is 16.3 Å². The summed E-state index contributed by atoms with van der Waals surface area (Å²) in [5.41, 5.74) is -0.340. The summed E-state index contributed by atoms with van der Waals surface area (Å²) in [4.78, 5) is 26.2. The van der Waals surface area contributed by atoms with Gasteiger partial charge >= 0.3 is 12.6 Å². The van der Waals surface area contributed by atoms with Crippen molar-refractivity contribution in [1.82, 2.24) is 4.90 Å². The maximum atomic E-state index is 12.6. The summed E-state index contributed by atoms with van der Waals surface area (Å²) in [5, 5.41) is 11.3. The molecular formula is C18H17F2NO4S. The first-order valence-electron chi connectivity index (χ1n) is 8.04. The van der Waals surface area contributed by atoms with Gasteiger partial charge < -0.3 is 14.7 Å². The molecule has 0 unspecified atom stereocenters. The Hall–Kier alpha value is -2.48. The Labute approximate surface area is 152 Å². The van der Waals surface area contributed by atoms with Gasteiger partial charge in [-0.15, -0.1) is 11.3 Å². The Morgan fingerprint density at radius 3 is 2.38 bits per heavy atom. The molecular weight excluding hydrogens is 364 g/mol. The molecule has 0 bridgehead atoms. The number of likely N-dealkylation sites (tertiary alicyclic amines) is 1. The summed E-state index contributed by atoms with van der Waals surface area (Å²) < 4.78 is 29.3. The summed E-state index contributed by atoms with van der Waals surface area (Å²) in [6.07, 6.45) is 0.517. The van der Waals surface area contributed by atoms with Gasteiger partial charge in [0, 0.05) is 13.1 Å². The van der Waals surface area contributed by atoms with Crippen LogP contribution >= 0.6 is 11.3 Å². The van der Waals surface area contributed by atoms with Crippen molar-refractivity contribution in [2.24, 2.45) is 0 Å². The lowest BCUT2D eigenvalue weighted by atomic mass is 9.73. The number of halogens is 2. The lowest BCUT2D eigenvalue weighted by Gasteiger charge is -2.39. The Morgan fingerprint density at radius 1 is 1.15 bits per heavy atom. The number of alkyl halides is 2. The molecule has 26 heavy (non-hydrogen) atoms. The van der Waals surface area contributed by atoms with Gasteiger partial charge in [-0.3, -0.25) is 9.59 Å². The molecule has 1 aromatic heterocycles. The molecule has 5 nitrogen and oxygen atoms in total. The number of rotatable bonds is 5. The van der Waals surface area contributed by atoms with E-state index >= 15 is 0 Å². The van der Waals surface area contributed by atoms with E-state index in [2.05, 4.69) is 4.74 Å². The minimum atomic E-state index is -3.00. The first-order chi connectivity index (χ1) is 12.4. The van der Waals surface area contributed by atoms with Crippen LogP contribution in [0.1, 0.15) is 28.1 Å². The fraction of sp³-hybridized carbons (Fsp3) is 0.333. The first kappa shape index (κ1) is 18.3. The fourth-order valence-electron chi connectivity index (χ4n) is 3.26. The summed E-state index contributed by atoms with van der Waals surface area (Å²) in [7, 11) is 0. The van der Waals surface area contributed by atoms with Gasteiger partial charge in [-0.2, -0.15) is 8.78 Å². The van der Waals surface area contributed by atoms with Gasteiger partial charge in [0.05, 0.1) is 5.41 Å². The number of hydrogen-bond donors (Lipinski definition) is 1. The number of nitrogens with zero attached hydrogens (tertiary/aromatic N) is 1. The highest BCUT2D eigenvalue weighted by Crippen LogP contribution is 2.37. The van der Waals surface area contributed by atoms with Gasteiger partial charge in [-0.1, -0.05) is 30.3 Å². The van der Waals surface area contributed by atoms with Crippen molar-refractivity contribution in [2.75, 3.05) is 13.1 Å². The van der Waals surface area contributed by atoms with Crippen molar-refractivity contribution in [1.29, 1.82) is 0 Å². The van der Waals surface area contributed by atoms with Gasteiger partial charge in [-0.05, 0) is 29.9 Å². The molecule has 0 spiro atoms. The normalized spacial score (nSPS) is 16.5. The third kappa shape index (κ3) is 3.41. The highest BCUT2D eigenvalue weighted by atomic mass is 32.1. The van der Waals surface area contributed by atoms with Crippen molar-refractivity contribution in [3.63, 3.8) is 0 Å². The Kier molecular flexibility index (Phi) is 5.22. The third-order valence-corrected chi connectivity index (χ3v) is 5.56. The van der Waals surface area contributed by atoms with Crippen LogP contribution in [0.3, 0.4) is 0 Å². The molecule has 0 radical (unpaired) electrons. The highest BCUT2D eigenvalue weighted by Gasteiger charge is 2.44. The zero-order valence-electron chi connectivity index (χ0n) is 13.7. The molecule has 8 heteroatoms. The second-order valence-electron chi connectivity index (χ2n) is 6.04. The number of carboxylic acids is 1. The Bertz CT molecular complexity index is 785. The smallest absolute Gasteiger partial charge is 0.387 e. The molecule has 0 saturated carbocycles. The van der Waals surface area contributed by atoms with E-state index in [1.54, 1.807) is 24.3 Å². The van der Waals surface area contributed by atoms with Crippen LogP contribution in [0.5, 0.6) is 5.75 Å². The van der Waals surface area contributed by atoms with Crippen LogP contribution < -0.4 is 4.74 Å². The van der Waals surface area contributed by atoms with Crippen LogP contribution in [0.25, 0.3) is 0 Å². The van der Waals surface area contributed by atoms with Crippen LogP contribution in [-0.4, -0.2) is 41.6 Å². The number of benzene rings is 1. The number of carbonyl (C=O) groups is 2. The molecule has 1 aromatic carbocycles. The van der Waals surface area contributed by atoms with Crippen molar-refractivity contribution in [2.45, 2.75) is 24.9 Å². The van der Waals surface area contributed by atoms with Crippen molar-refractivity contribution < 1.29 is 28.2 Å². The molecule has 1 amide bonds. The van der Waals surface area contributed by atoms with Crippen LogP contribution in [0.4, 0.5) is 8.78 Å². The van der Waals surface area contributed by atoms with E-state index < -0.39 is 23.9 Å². The number of aliphatic carboxylic acids is 1. The average Bonchev–Trinajstić information content (AvgIpc) is 3.09. The molecule has 1 aliphatic heterocycles. The average molecular weight is 381 g/mol. The number of hydrogen-bond acceptors (Lipinski definition) is 4. The van der Waals surface area contributed by atoms with Gasteiger partial charge in [-0.25, -0.2) is 0 Å². The van der Waals surface area contributed by atoms with E-state index in [-0.39, 0.29) is 36.6 Å². The second-order valence-corrected chi connectivity index (χ2v) is 6.95. The molecule has 2 heterocycles. The van der Waals surface area contributed by atoms with Crippen molar-refractivity contribution >= 4 is 23.2 Å². The summed E-state index contributed by atoms with van der Waals surface area (Å²) in [6.45, 7) is -2.55. The molecule has 1 fully saturated rings. The predicted molar refractivity (Wildman–Crippen MR) is 91.8 cm³/mol. The topological polar surface area (TPSA) is 66.8 Å². The minimum absolute atomic E-state index is 0.104. The standard InChI is InChI=1S/C18H17F2NO4S/c19-17(20)25-13-6-11-26-14(13)15(22)21-9-7-18(8-10-21,16(23)24)12-4-2-1-3-5-12/h1-6,11,17H,7-10H2,(H,23,24). The van der Waals surface area contributed by atoms with E-state index in [0.29, 0.717) is 5.56 Å². The van der Waals surface area contributed by atoms with Gasteiger partial charge in [0.1, 0.15) is 10.6 Å². The zero-order valence-corrected chi connectivity index (χ0v) is 14.5. The van der Waals surface area contributed by atoms with Crippen LogP contribution in [-0.2, 0) is 10.2 Å². The summed E-state index contributed by atoms with van der Waals surface area (Å²) in [5.74, 6) is -1.48. The van der Waals surface area contributed by atoms with Gasteiger partial charge in [0.2, 0.25) is 0 Å².